The van der Waals surface area contributed by atoms with E-state index in [1.165, 1.54) is 187 Å². The van der Waals surface area contributed by atoms with E-state index in [1.807, 2.05) is 0 Å². The van der Waals surface area contributed by atoms with Gasteiger partial charge in [0.05, 0.1) is 19.8 Å². The summed E-state index contributed by atoms with van der Waals surface area (Å²) in [5, 5.41) is 0. The van der Waals surface area contributed by atoms with E-state index in [-0.39, 0.29) is 16.2 Å². The second-order valence-corrected chi connectivity index (χ2v) is 23.4. The molecule has 0 aromatic heterocycles. The third-order valence-electron chi connectivity index (χ3n) is 13.0. The first-order valence-corrected chi connectivity index (χ1v) is 27.8. The first-order valence-electron chi connectivity index (χ1n) is 26.7. The monoisotopic (exact) mass is 899 g/mol. The molecule has 0 amide bonds. The summed E-state index contributed by atoms with van der Waals surface area (Å²) in [5.41, 5.74) is 8.29. The SMILES string of the molecule is CCCCCCCCCc1ccc(CC(C)(C)COP(OCC(C)(C)Cc2ccc(CCCCCCCCC)cc2)OCC(C)(C)Cc2ccc(CCCCCCCCC)cc2)cc1. The first kappa shape index (κ1) is 56.3. The normalized spacial score (nSPS) is 12.5. The van der Waals surface area contributed by atoms with Gasteiger partial charge in [0.1, 0.15) is 0 Å². The Morgan fingerprint density at radius 3 is 0.734 bits per heavy atom. The number of aryl methyl sites for hydroxylation is 3. The van der Waals surface area contributed by atoms with Gasteiger partial charge in [-0.25, -0.2) is 0 Å². The van der Waals surface area contributed by atoms with Gasteiger partial charge < -0.3 is 13.6 Å². The van der Waals surface area contributed by atoms with Gasteiger partial charge in [-0.3, -0.25) is 0 Å². The van der Waals surface area contributed by atoms with Crippen LogP contribution in [0, 0.1) is 16.2 Å². The molecule has 0 aliphatic rings. The minimum absolute atomic E-state index is 0.0635. The largest absolute Gasteiger partial charge is 0.332 e. The second-order valence-electron chi connectivity index (χ2n) is 22.1. The molecule has 3 aromatic rings. The number of hydrogen-bond acceptors (Lipinski definition) is 3. The lowest BCUT2D eigenvalue weighted by Crippen LogP contribution is -2.25. The number of rotatable bonds is 39. The zero-order valence-electron chi connectivity index (χ0n) is 43.3. The highest BCUT2D eigenvalue weighted by Gasteiger charge is 2.29. The molecule has 0 atom stereocenters. The molecule has 0 N–H and O–H groups in total. The van der Waals surface area contributed by atoms with E-state index in [4.69, 9.17) is 13.6 Å². The van der Waals surface area contributed by atoms with Crippen LogP contribution in [0.15, 0.2) is 72.8 Å². The summed E-state index contributed by atoms with van der Waals surface area (Å²) in [5.74, 6) is 0. The Labute approximate surface area is 398 Å². The van der Waals surface area contributed by atoms with Crippen LogP contribution in [-0.2, 0) is 52.1 Å². The van der Waals surface area contributed by atoms with Crippen LogP contribution in [0.4, 0.5) is 0 Å². The van der Waals surface area contributed by atoms with Crippen molar-refractivity contribution >= 4 is 8.60 Å². The Bertz CT molecular complexity index is 1370. The average Bonchev–Trinajstić information content (AvgIpc) is 3.26. The Hall–Kier alpha value is -2.03. The summed E-state index contributed by atoms with van der Waals surface area (Å²) in [6, 6.07) is 28.1. The first-order chi connectivity index (χ1) is 30.8. The van der Waals surface area contributed by atoms with Gasteiger partial charge in [0.2, 0.25) is 0 Å². The van der Waals surface area contributed by atoms with Crippen LogP contribution in [0.5, 0.6) is 0 Å². The molecule has 0 radical (unpaired) electrons. The molecule has 0 fully saturated rings. The van der Waals surface area contributed by atoms with E-state index < -0.39 is 8.60 Å². The van der Waals surface area contributed by atoms with Crippen LogP contribution in [0.3, 0.4) is 0 Å². The van der Waals surface area contributed by atoms with Crippen molar-refractivity contribution in [1.29, 1.82) is 0 Å². The topological polar surface area (TPSA) is 27.7 Å². The smallest absolute Gasteiger partial charge is 0.312 e. The molecule has 0 bridgehead atoms. The molecule has 64 heavy (non-hydrogen) atoms. The van der Waals surface area contributed by atoms with Crippen molar-refractivity contribution < 1.29 is 13.6 Å². The minimum Gasteiger partial charge on any atom is -0.312 e. The predicted molar refractivity (Wildman–Crippen MR) is 282 cm³/mol. The molecular weight excluding hydrogens is 800 g/mol. The molecule has 0 heterocycles. The van der Waals surface area contributed by atoms with Gasteiger partial charge in [-0.2, -0.15) is 0 Å². The molecule has 3 rings (SSSR count). The van der Waals surface area contributed by atoms with Crippen LogP contribution in [0.1, 0.15) is 231 Å². The Balaban J connectivity index is 1.56. The van der Waals surface area contributed by atoms with Gasteiger partial charge in [-0.05, 0) is 107 Å². The van der Waals surface area contributed by atoms with Gasteiger partial charge in [-0.1, -0.05) is 251 Å². The summed E-state index contributed by atoms with van der Waals surface area (Å²) >= 11 is 0. The zero-order chi connectivity index (χ0) is 46.4. The van der Waals surface area contributed by atoms with Crippen molar-refractivity contribution in [2.24, 2.45) is 16.2 Å². The predicted octanol–water partition coefficient (Wildman–Crippen LogP) is 18.9. The molecule has 0 saturated heterocycles. The molecule has 3 aromatic carbocycles. The molecule has 0 saturated carbocycles. The van der Waals surface area contributed by atoms with Crippen molar-refractivity contribution in [2.75, 3.05) is 19.8 Å². The van der Waals surface area contributed by atoms with Gasteiger partial charge in [0.15, 0.2) is 0 Å². The highest BCUT2D eigenvalue weighted by atomic mass is 31.2. The summed E-state index contributed by atoms with van der Waals surface area (Å²) < 4.78 is 20.1. The Kier molecular flexibility index (Phi) is 28.7. The fourth-order valence-electron chi connectivity index (χ4n) is 8.94. The van der Waals surface area contributed by atoms with Crippen molar-refractivity contribution in [2.45, 2.75) is 236 Å². The summed E-state index contributed by atoms with van der Waals surface area (Å²) in [6.45, 7) is 22.5. The van der Waals surface area contributed by atoms with Crippen LogP contribution in [-0.4, -0.2) is 19.8 Å². The fourth-order valence-corrected chi connectivity index (χ4v) is 10.5. The molecule has 0 aliphatic carbocycles. The highest BCUT2D eigenvalue weighted by Crippen LogP contribution is 2.45. The maximum absolute atomic E-state index is 6.69. The van der Waals surface area contributed by atoms with E-state index in [0.717, 1.165) is 19.3 Å². The van der Waals surface area contributed by atoms with Crippen LogP contribution >= 0.6 is 8.60 Å². The highest BCUT2D eigenvalue weighted by molar-refractivity contribution is 7.41. The summed E-state index contributed by atoms with van der Waals surface area (Å²) in [6.07, 6.45) is 34.9. The van der Waals surface area contributed by atoms with Crippen LogP contribution in [0.25, 0.3) is 0 Å². The lowest BCUT2D eigenvalue weighted by Gasteiger charge is -2.31. The zero-order valence-corrected chi connectivity index (χ0v) is 44.2. The Morgan fingerprint density at radius 1 is 0.297 bits per heavy atom. The van der Waals surface area contributed by atoms with Gasteiger partial charge in [0, 0.05) is 0 Å². The molecule has 362 valence electrons. The van der Waals surface area contributed by atoms with Crippen LogP contribution in [0.2, 0.25) is 0 Å². The number of unbranched alkanes of at least 4 members (excludes halogenated alkanes) is 18. The quantitative estimate of drug-likeness (QED) is 0.0422. The van der Waals surface area contributed by atoms with Gasteiger partial charge in [0.25, 0.3) is 0 Å². The lowest BCUT2D eigenvalue weighted by atomic mass is 9.86. The molecule has 0 aliphatic heterocycles. The summed E-state index contributed by atoms with van der Waals surface area (Å²) in [4.78, 5) is 0. The van der Waals surface area contributed by atoms with Crippen molar-refractivity contribution in [3.05, 3.63) is 106 Å². The fraction of sp³-hybridized carbons (Fsp3) is 0.700. The van der Waals surface area contributed by atoms with Crippen molar-refractivity contribution in [1.82, 2.24) is 0 Å². The Morgan fingerprint density at radius 2 is 0.500 bits per heavy atom. The third kappa shape index (κ3) is 26.9. The van der Waals surface area contributed by atoms with Crippen LogP contribution < -0.4 is 0 Å². The minimum atomic E-state index is -1.54. The molecule has 0 spiro atoms. The second kappa shape index (κ2) is 32.6. The number of benzene rings is 3. The van der Waals surface area contributed by atoms with E-state index in [0.29, 0.717) is 19.8 Å². The van der Waals surface area contributed by atoms with E-state index in [1.54, 1.807) is 0 Å². The maximum Gasteiger partial charge on any atom is 0.332 e. The van der Waals surface area contributed by atoms with E-state index in [9.17, 15) is 0 Å². The van der Waals surface area contributed by atoms with Gasteiger partial charge in [-0.15, -0.1) is 0 Å². The molecule has 4 heteroatoms. The van der Waals surface area contributed by atoms with Crippen molar-refractivity contribution in [3.63, 3.8) is 0 Å². The third-order valence-corrected chi connectivity index (χ3v) is 14.0. The van der Waals surface area contributed by atoms with Crippen molar-refractivity contribution in [3.8, 4) is 0 Å². The lowest BCUT2D eigenvalue weighted by molar-refractivity contribution is 0.0723. The standard InChI is InChI=1S/C60H99O3P/c1-10-13-16-19-22-25-28-31-52-34-40-55(41-35-52)46-58(4,5)49-61-64(62-50-59(6,7)47-56-42-36-53(37-43-56)32-29-26-23-20-17-14-11-2)63-51-60(8,9)48-57-44-38-54(39-45-57)33-30-27-24-21-18-15-12-3/h34-45H,10-33,46-51H2,1-9H3. The van der Waals surface area contributed by atoms with Gasteiger partial charge >= 0.3 is 8.60 Å². The molecule has 3 nitrogen and oxygen atoms in total. The average molecular weight is 899 g/mol. The number of hydrogen-bond donors (Lipinski definition) is 0. The van der Waals surface area contributed by atoms with E-state index >= 15 is 0 Å². The summed E-state index contributed by atoms with van der Waals surface area (Å²) in [7, 11) is -1.54. The maximum atomic E-state index is 6.69. The molecule has 0 unspecified atom stereocenters. The molecular formula is C60H99O3P. The van der Waals surface area contributed by atoms with E-state index in [2.05, 4.69) is 135 Å².